The van der Waals surface area contributed by atoms with Gasteiger partial charge in [0.05, 0.1) is 0 Å². The van der Waals surface area contributed by atoms with Crippen molar-refractivity contribution in [2.45, 2.75) is 132 Å². The van der Waals surface area contributed by atoms with Crippen LogP contribution in [-0.4, -0.2) is 20.5 Å². The third-order valence-electron chi connectivity index (χ3n) is 10.5. The predicted octanol–water partition coefficient (Wildman–Crippen LogP) is 9.60. The summed E-state index contributed by atoms with van der Waals surface area (Å²) in [4.78, 5) is 10.7. The highest BCUT2D eigenvalue weighted by atomic mass is 16.4. The van der Waals surface area contributed by atoms with E-state index in [1.807, 2.05) is 41.5 Å². The fourth-order valence-corrected chi connectivity index (χ4v) is 9.28. The molecule has 0 saturated heterocycles. The smallest absolute Gasteiger partial charge is 0.119 e. The van der Waals surface area contributed by atoms with Crippen molar-refractivity contribution in [3.05, 3.63) is 0 Å². The van der Waals surface area contributed by atoms with Crippen LogP contribution >= 0.6 is 0 Å². The molecule has 0 heterocycles. The Morgan fingerprint density at radius 2 is 1.38 bits per heavy atom. The third kappa shape index (κ3) is 6.12. The van der Waals surface area contributed by atoms with E-state index in [1.54, 1.807) is 27.1 Å². The summed E-state index contributed by atoms with van der Waals surface area (Å²) in [7, 11) is 3.25. The first-order valence-electron chi connectivity index (χ1n) is 15.3. The lowest BCUT2D eigenvalue weighted by molar-refractivity contribution is -0.117. The first kappa shape index (κ1) is 31.7. The van der Waals surface area contributed by atoms with Crippen LogP contribution in [-0.2, 0) is 9.53 Å². The number of unbranched alkanes of at least 4 members (excludes halogenated alkanes) is 1. The van der Waals surface area contributed by atoms with Crippen molar-refractivity contribution >= 4 is 6.29 Å². The highest BCUT2D eigenvalue weighted by molar-refractivity contribution is 5.48. The Bertz CT molecular complexity index is 559. The molecule has 2 heteroatoms. The summed E-state index contributed by atoms with van der Waals surface area (Å²) in [5.41, 5.74) is 1.30. The Morgan fingerprint density at radius 3 is 2.00 bits per heavy atom. The van der Waals surface area contributed by atoms with Gasteiger partial charge in [0.25, 0.3) is 0 Å². The Morgan fingerprint density at radius 1 is 0.765 bits per heavy atom. The van der Waals surface area contributed by atoms with E-state index in [2.05, 4.69) is 18.6 Å². The highest BCUT2D eigenvalue weighted by Crippen LogP contribution is 2.75. The molecule has 5 rings (SSSR count). The van der Waals surface area contributed by atoms with E-state index < -0.39 is 0 Å². The van der Waals surface area contributed by atoms with Crippen molar-refractivity contribution in [1.29, 1.82) is 0 Å². The summed E-state index contributed by atoms with van der Waals surface area (Å²) in [6.45, 7) is 17.4. The van der Waals surface area contributed by atoms with E-state index in [-0.39, 0.29) is 0 Å². The van der Waals surface area contributed by atoms with Crippen molar-refractivity contribution in [3.63, 3.8) is 0 Å². The monoisotopic (exact) mass is 478 g/mol. The van der Waals surface area contributed by atoms with Crippen molar-refractivity contribution < 1.29 is 9.53 Å². The van der Waals surface area contributed by atoms with Crippen molar-refractivity contribution in [2.75, 3.05) is 14.2 Å². The van der Waals surface area contributed by atoms with Gasteiger partial charge in [-0.2, -0.15) is 0 Å². The second-order valence-electron chi connectivity index (χ2n) is 11.5. The van der Waals surface area contributed by atoms with Crippen molar-refractivity contribution in [3.8, 4) is 0 Å². The molecule has 0 spiro atoms. The van der Waals surface area contributed by atoms with Crippen LogP contribution in [0.4, 0.5) is 0 Å². The fraction of sp³-hybridized carbons (Fsp3) is 0.969. The summed E-state index contributed by atoms with van der Waals surface area (Å²) < 4.78 is 4.25. The molecule has 0 aromatic carbocycles. The number of aldehydes is 1. The molecule has 5 aliphatic carbocycles. The molecule has 0 bridgehead atoms. The van der Waals surface area contributed by atoms with Gasteiger partial charge in [0.2, 0.25) is 0 Å². The SMILES string of the molecule is CC.CC.CC.CC12CC[C@H]3C(C4C[C@@H]4C4CCCCC43C)[C@@H]1CCC2CCCC=O.COC. The van der Waals surface area contributed by atoms with E-state index in [0.717, 1.165) is 60.6 Å². The Balaban J connectivity index is 0.000000575. The van der Waals surface area contributed by atoms with Crippen LogP contribution in [0.1, 0.15) is 132 Å². The van der Waals surface area contributed by atoms with Crippen molar-refractivity contribution in [2.24, 2.45) is 52.3 Å². The lowest BCUT2D eigenvalue weighted by atomic mass is 9.45. The first-order valence-corrected chi connectivity index (χ1v) is 15.3. The van der Waals surface area contributed by atoms with Crippen LogP contribution < -0.4 is 0 Å². The zero-order valence-corrected chi connectivity index (χ0v) is 24.9. The molecule has 0 aromatic heterocycles. The number of rotatable bonds is 4. The lowest BCUT2D eigenvalue weighted by Gasteiger charge is -2.60. The maximum Gasteiger partial charge on any atom is 0.119 e. The maximum absolute atomic E-state index is 10.7. The molecule has 0 radical (unpaired) electrons. The van der Waals surface area contributed by atoms with Gasteiger partial charge in [-0.3, -0.25) is 0 Å². The Kier molecular flexibility index (Phi) is 14.0. The standard InChI is InChI=1S/C24H38O.C2H6O.3C2H6/c1-23-13-11-21-22(20(23)10-9-16(23)7-4-6-14-25)18-15-17(18)19-8-3-5-12-24(19,21)2;1-3-2;3*1-2/h14,16-22H,3-13,15H2,1-2H3;1-2H3;3*1-2H3/t16?,17-,18?,19?,20-,21-,22?,23?,24?;;;;/m0..../s1. The van der Waals surface area contributed by atoms with E-state index in [9.17, 15) is 4.79 Å². The van der Waals surface area contributed by atoms with Gasteiger partial charge < -0.3 is 9.53 Å². The topological polar surface area (TPSA) is 26.3 Å². The van der Waals surface area contributed by atoms with Crippen LogP contribution in [0.5, 0.6) is 0 Å². The molecule has 2 nitrogen and oxygen atoms in total. The molecule has 0 N–H and O–H groups in total. The molecular formula is C32H62O2. The van der Waals surface area contributed by atoms with E-state index in [1.165, 1.54) is 51.4 Å². The summed E-state index contributed by atoms with van der Waals surface area (Å²) in [6, 6.07) is 0. The van der Waals surface area contributed by atoms with Gasteiger partial charge in [-0.05, 0) is 110 Å². The van der Waals surface area contributed by atoms with Gasteiger partial charge in [0.15, 0.2) is 0 Å². The average Bonchev–Trinajstić information content (AvgIpc) is 3.60. The molecule has 0 aromatic rings. The normalized spacial score (nSPS) is 42.5. The number of hydrogen-bond donors (Lipinski definition) is 0. The largest absolute Gasteiger partial charge is 0.388 e. The molecule has 5 fully saturated rings. The number of hydrogen-bond acceptors (Lipinski definition) is 2. The molecule has 6 unspecified atom stereocenters. The van der Waals surface area contributed by atoms with Crippen LogP contribution in [0.15, 0.2) is 0 Å². The predicted molar refractivity (Wildman–Crippen MR) is 149 cm³/mol. The summed E-state index contributed by atoms with van der Waals surface area (Å²) in [6.07, 6.45) is 18.0. The fourth-order valence-electron chi connectivity index (χ4n) is 9.28. The molecule has 5 saturated carbocycles. The van der Waals surface area contributed by atoms with Gasteiger partial charge in [-0.15, -0.1) is 0 Å². The average molecular weight is 479 g/mol. The van der Waals surface area contributed by atoms with E-state index >= 15 is 0 Å². The second kappa shape index (κ2) is 15.0. The number of ether oxygens (including phenoxy) is 1. The third-order valence-corrected chi connectivity index (χ3v) is 10.5. The highest BCUT2D eigenvalue weighted by Gasteiger charge is 2.68. The molecule has 0 amide bonds. The Labute approximate surface area is 214 Å². The summed E-state index contributed by atoms with van der Waals surface area (Å²) in [5.74, 6) is 7.35. The molecule has 9 atom stereocenters. The van der Waals surface area contributed by atoms with Crippen LogP contribution in [0.25, 0.3) is 0 Å². The van der Waals surface area contributed by atoms with Crippen LogP contribution in [0, 0.1) is 52.3 Å². The molecular weight excluding hydrogens is 416 g/mol. The molecule has 202 valence electrons. The van der Waals surface area contributed by atoms with E-state index in [4.69, 9.17) is 0 Å². The van der Waals surface area contributed by atoms with Gasteiger partial charge in [-0.1, -0.05) is 68.2 Å². The zero-order chi connectivity index (χ0) is 25.9. The van der Waals surface area contributed by atoms with Crippen LogP contribution in [0.2, 0.25) is 0 Å². The molecule has 0 aliphatic heterocycles. The quantitative estimate of drug-likeness (QED) is 0.297. The summed E-state index contributed by atoms with van der Waals surface area (Å²) in [5, 5.41) is 0. The Hall–Kier alpha value is -0.370. The number of carbonyl (C=O) groups is 1. The van der Waals surface area contributed by atoms with Gasteiger partial charge in [0, 0.05) is 20.6 Å². The van der Waals surface area contributed by atoms with Crippen molar-refractivity contribution in [1.82, 2.24) is 0 Å². The van der Waals surface area contributed by atoms with Gasteiger partial charge >= 0.3 is 0 Å². The number of fused-ring (bicyclic) bond motifs is 8. The first-order chi connectivity index (χ1) is 16.5. The number of methoxy groups -OCH3 is 1. The second-order valence-corrected chi connectivity index (χ2v) is 11.5. The minimum absolute atomic E-state index is 0.606. The summed E-state index contributed by atoms with van der Waals surface area (Å²) >= 11 is 0. The zero-order valence-electron chi connectivity index (χ0n) is 24.9. The maximum atomic E-state index is 10.7. The minimum atomic E-state index is 0.606. The van der Waals surface area contributed by atoms with Crippen LogP contribution in [0.3, 0.4) is 0 Å². The number of carbonyl (C=O) groups excluding carboxylic acids is 1. The minimum Gasteiger partial charge on any atom is -0.388 e. The van der Waals surface area contributed by atoms with Gasteiger partial charge in [0.1, 0.15) is 6.29 Å². The lowest BCUT2D eigenvalue weighted by Crippen LogP contribution is -2.53. The van der Waals surface area contributed by atoms with E-state index in [0.29, 0.717) is 10.8 Å². The molecule has 5 aliphatic rings. The van der Waals surface area contributed by atoms with Gasteiger partial charge in [-0.25, -0.2) is 0 Å². The molecule has 34 heavy (non-hydrogen) atoms.